The minimum Gasteiger partial charge on any atom is -0.489 e. The van der Waals surface area contributed by atoms with Crippen molar-refractivity contribution in [2.45, 2.75) is 30.8 Å². The molecule has 2 atom stereocenters. The van der Waals surface area contributed by atoms with Crippen molar-refractivity contribution in [1.82, 2.24) is 0 Å². The lowest BCUT2D eigenvalue weighted by atomic mass is 9.64. The van der Waals surface area contributed by atoms with Crippen LogP contribution in [0.3, 0.4) is 0 Å². The molecule has 0 aromatic heterocycles. The predicted octanol–water partition coefficient (Wildman–Crippen LogP) is 2.88. The summed E-state index contributed by atoms with van der Waals surface area (Å²) < 4.78 is 6.17. The van der Waals surface area contributed by atoms with E-state index in [1.807, 2.05) is 0 Å². The largest absolute Gasteiger partial charge is 0.489 e. The van der Waals surface area contributed by atoms with E-state index in [0.29, 0.717) is 6.10 Å². The first-order valence-corrected chi connectivity index (χ1v) is 6.38. The number of nitrogens with zero attached hydrogens (tertiary/aromatic N) is 1. The van der Waals surface area contributed by atoms with Crippen molar-refractivity contribution < 1.29 is 4.74 Å². The van der Waals surface area contributed by atoms with Gasteiger partial charge in [-0.05, 0) is 30.9 Å². The lowest BCUT2D eigenvalue weighted by Gasteiger charge is -2.39. The molecule has 4 rings (SSSR count). The van der Waals surface area contributed by atoms with Gasteiger partial charge in [0.2, 0.25) is 0 Å². The van der Waals surface area contributed by atoms with Gasteiger partial charge in [-0.2, -0.15) is 0 Å². The van der Waals surface area contributed by atoms with Crippen LogP contribution in [0.4, 0.5) is 0 Å². The second-order valence-corrected chi connectivity index (χ2v) is 5.10. The normalized spacial score (nSPS) is 33.2. The van der Waals surface area contributed by atoms with Crippen LogP contribution in [0.2, 0.25) is 0 Å². The molecule has 0 saturated carbocycles. The Bertz CT molecular complexity index is 531. The highest BCUT2D eigenvalue weighted by Gasteiger charge is 2.52. The van der Waals surface area contributed by atoms with E-state index in [1.165, 1.54) is 11.1 Å². The van der Waals surface area contributed by atoms with Gasteiger partial charge in [-0.25, -0.2) is 0 Å². The minimum absolute atomic E-state index is 0.108. The van der Waals surface area contributed by atoms with Gasteiger partial charge in [-0.1, -0.05) is 24.3 Å². The van der Waals surface area contributed by atoms with Gasteiger partial charge in [0, 0.05) is 18.3 Å². The standard InChI is InChI=1S/C15H15NO/c1-2-6-13-12(5-1)15-8-9-16-10-11(15)4-3-7-14(15)17-13/h1-2,4-6,10,14H,3,7-9H2. The molecule has 1 aromatic rings. The summed E-state index contributed by atoms with van der Waals surface area (Å²) in [5.41, 5.74) is 2.86. The molecule has 17 heavy (non-hydrogen) atoms. The van der Waals surface area contributed by atoms with Gasteiger partial charge in [-0.3, -0.25) is 4.99 Å². The highest BCUT2D eigenvalue weighted by molar-refractivity contribution is 5.85. The molecule has 0 saturated heterocycles. The molecule has 1 aliphatic carbocycles. The van der Waals surface area contributed by atoms with Crippen LogP contribution in [0.15, 0.2) is 40.9 Å². The van der Waals surface area contributed by atoms with Crippen LogP contribution in [-0.4, -0.2) is 18.9 Å². The van der Waals surface area contributed by atoms with Crippen molar-refractivity contribution in [1.29, 1.82) is 0 Å². The molecule has 1 spiro atoms. The van der Waals surface area contributed by atoms with E-state index >= 15 is 0 Å². The lowest BCUT2D eigenvalue weighted by molar-refractivity contribution is 0.146. The van der Waals surface area contributed by atoms with E-state index in [9.17, 15) is 0 Å². The number of aliphatic imine (C=N–C) groups is 1. The zero-order valence-electron chi connectivity index (χ0n) is 9.73. The molecule has 1 aromatic carbocycles. The average Bonchev–Trinajstić information content (AvgIpc) is 2.71. The van der Waals surface area contributed by atoms with Crippen LogP contribution in [0, 0.1) is 0 Å². The summed E-state index contributed by atoms with van der Waals surface area (Å²) in [5.74, 6) is 1.08. The van der Waals surface area contributed by atoms with Crippen LogP contribution in [0.5, 0.6) is 5.75 Å². The molecule has 86 valence electrons. The van der Waals surface area contributed by atoms with E-state index in [1.54, 1.807) is 0 Å². The first kappa shape index (κ1) is 9.46. The number of hydrogen-bond acceptors (Lipinski definition) is 2. The molecule has 2 nitrogen and oxygen atoms in total. The molecule has 0 bridgehead atoms. The molecule has 0 N–H and O–H groups in total. The van der Waals surface area contributed by atoms with Crippen molar-refractivity contribution in [3.05, 3.63) is 41.5 Å². The number of allylic oxidation sites excluding steroid dienone is 1. The van der Waals surface area contributed by atoms with E-state index in [2.05, 4.69) is 41.5 Å². The number of ether oxygens (including phenoxy) is 1. The van der Waals surface area contributed by atoms with Crippen molar-refractivity contribution in [2.75, 3.05) is 6.54 Å². The number of hydrogen-bond donors (Lipinski definition) is 0. The number of para-hydroxylation sites is 1. The van der Waals surface area contributed by atoms with Gasteiger partial charge >= 0.3 is 0 Å². The Morgan fingerprint density at radius 3 is 3.24 bits per heavy atom. The van der Waals surface area contributed by atoms with Crippen molar-refractivity contribution in [3.63, 3.8) is 0 Å². The molecule has 2 unspecified atom stereocenters. The molecular weight excluding hydrogens is 210 g/mol. The fourth-order valence-corrected chi connectivity index (χ4v) is 3.60. The van der Waals surface area contributed by atoms with Gasteiger partial charge in [0.1, 0.15) is 11.9 Å². The van der Waals surface area contributed by atoms with E-state index in [-0.39, 0.29) is 5.41 Å². The maximum Gasteiger partial charge on any atom is 0.124 e. The summed E-state index contributed by atoms with van der Waals surface area (Å²) >= 11 is 0. The average molecular weight is 225 g/mol. The van der Waals surface area contributed by atoms with Crippen LogP contribution < -0.4 is 4.74 Å². The van der Waals surface area contributed by atoms with E-state index in [0.717, 1.165) is 31.6 Å². The molecule has 2 heteroatoms. The SMILES string of the molecule is C1=NCCC23C1=CCCC2Oc1ccccc13. The maximum atomic E-state index is 6.17. The summed E-state index contributed by atoms with van der Waals surface area (Å²) in [6.07, 6.45) is 8.09. The van der Waals surface area contributed by atoms with Gasteiger partial charge in [-0.15, -0.1) is 0 Å². The third-order valence-electron chi connectivity index (χ3n) is 4.36. The monoisotopic (exact) mass is 225 g/mol. The van der Waals surface area contributed by atoms with Crippen LogP contribution >= 0.6 is 0 Å². The van der Waals surface area contributed by atoms with E-state index in [4.69, 9.17) is 4.74 Å². The van der Waals surface area contributed by atoms with Crippen molar-refractivity contribution in [2.24, 2.45) is 4.99 Å². The summed E-state index contributed by atoms with van der Waals surface area (Å²) in [5, 5.41) is 0. The molecule has 0 fully saturated rings. The first-order valence-electron chi connectivity index (χ1n) is 6.38. The Balaban J connectivity index is 1.98. The van der Waals surface area contributed by atoms with Gasteiger partial charge in [0.15, 0.2) is 0 Å². The van der Waals surface area contributed by atoms with Crippen molar-refractivity contribution in [3.8, 4) is 5.75 Å². The molecule has 0 radical (unpaired) electrons. The summed E-state index contributed by atoms with van der Waals surface area (Å²) in [6, 6.07) is 8.52. The first-order chi connectivity index (χ1) is 8.41. The third-order valence-corrected chi connectivity index (χ3v) is 4.36. The Labute approximate surface area is 101 Å². The number of rotatable bonds is 0. The minimum atomic E-state index is 0.108. The second kappa shape index (κ2) is 3.22. The van der Waals surface area contributed by atoms with Crippen LogP contribution in [-0.2, 0) is 5.41 Å². The Kier molecular flexibility index (Phi) is 1.79. The second-order valence-electron chi connectivity index (χ2n) is 5.10. The van der Waals surface area contributed by atoms with Gasteiger partial charge in [0.25, 0.3) is 0 Å². The van der Waals surface area contributed by atoms with E-state index < -0.39 is 0 Å². The van der Waals surface area contributed by atoms with Crippen molar-refractivity contribution >= 4 is 6.21 Å². The zero-order valence-corrected chi connectivity index (χ0v) is 9.73. The highest BCUT2D eigenvalue weighted by atomic mass is 16.5. The summed E-state index contributed by atoms with van der Waals surface area (Å²) in [6.45, 7) is 0.922. The topological polar surface area (TPSA) is 21.6 Å². The number of fused-ring (bicyclic) bond motifs is 1. The molecule has 2 heterocycles. The fourth-order valence-electron chi connectivity index (χ4n) is 3.60. The Morgan fingerprint density at radius 1 is 1.29 bits per heavy atom. The van der Waals surface area contributed by atoms with Gasteiger partial charge in [0.05, 0.1) is 5.41 Å². The molecule has 3 aliphatic rings. The predicted molar refractivity (Wildman–Crippen MR) is 67.8 cm³/mol. The highest BCUT2D eigenvalue weighted by Crippen LogP contribution is 2.53. The summed E-state index contributed by atoms with van der Waals surface area (Å²) in [7, 11) is 0. The molecular formula is C15H15NO. The fraction of sp³-hybridized carbons (Fsp3) is 0.400. The molecule has 2 aliphatic heterocycles. The van der Waals surface area contributed by atoms with Gasteiger partial charge < -0.3 is 4.74 Å². The Hall–Kier alpha value is -1.57. The molecule has 0 amide bonds. The number of benzene rings is 1. The maximum absolute atomic E-state index is 6.17. The summed E-state index contributed by atoms with van der Waals surface area (Å²) in [4.78, 5) is 4.44. The van der Waals surface area contributed by atoms with Crippen LogP contribution in [0.1, 0.15) is 24.8 Å². The van der Waals surface area contributed by atoms with Crippen LogP contribution in [0.25, 0.3) is 0 Å². The lowest BCUT2D eigenvalue weighted by Crippen LogP contribution is -2.44. The quantitative estimate of drug-likeness (QED) is 0.665. The Morgan fingerprint density at radius 2 is 2.24 bits per heavy atom. The zero-order chi connectivity index (χ0) is 11.3. The smallest absolute Gasteiger partial charge is 0.124 e. The third kappa shape index (κ3) is 1.08.